The highest BCUT2D eigenvalue weighted by Crippen LogP contribution is 2.69. The van der Waals surface area contributed by atoms with Crippen molar-refractivity contribution in [2.75, 3.05) is 13.2 Å². The molecule has 0 aromatic rings. The molecule has 5 rings (SSSR count). The number of aliphatic hydroxyl groups is 1. The Labute approximate surface area is 182 Å². The molecule has 3 unspecified atom stereocenters. The van der Waals surface area contributed by atoms with E-state index in [1.165, 1.54) is 25.7 Å². The van der Waals surface area contributed by atoms with Gasteiger partial charge in [0, 0.05) is 18.8 Å². The summed E-state index contributed by atoms with van der Waals surface area (Å²) in [6.45, 7) is 11.0. The van der Waals surface area contributed by atoms with Crippen molar-refractivity contribution in [2.45, 2.75) is 91.5 Å². The number of ether oxygens (including phenoxy) is 2. The molecule has 1 saturated heterocycles. The number of carbonyl (C=O) groups is 1. The van der Waals surface area contributed by atoms with Gasteiger partial charge in [0.25, 0.3) is 0 Å². The number of carbonyl (C=O) groups excluding carboxylic acids is 1. The molecule has 170 valence electrons. The van der Waals surface area contributed by atoms with Gasteiger partial charge in [0.05, 0.1) is 19.3 Å². The van der Waals surface area contributed by atoms with Gasteiger partial charge in [-0.05, 0) is 78.4 Å². The van der Waals surface area contributed by atoms with Crippen molar-refractivity contribution in [1.82, 2.24) is 0 Å². The Morgan fingerprint density at radius 3 is 2.43 bits per heavy atom. The molecule has 4 saturated carbocycles. The van der Waals surface area contributed by atoms with Crippen molar-refractivity contribution in [3.8, 4) is 0 Å². The van der Waals surface area contributed by atoms with E-state index in [1.54, 1.807) is 0 Å². The summed E-state index contributed by atoms with van der Waals surface area (Å²) in [5, 5.41) is 11.7. The largest absolute Gasteiger partial charge is 0.393 e. The van der Waals surface area contributed by atoms with Crippen LogP contribution in [0.5, 0.6) is 0 Å². The molecule has 4 heteroatoms. The molecule has 30 heavy (non-hydrogen) atoms. The van der Waals surface area contributed by atoms with Gasteiger partial charge in [0.15, 0.2) is 6.29 Å². The van der Waals surface area contributed by atoms with Gasteiger partial charge >= 0.3 is 0 Å². The van der Waals surface area contributed by atoms with E-state index in [9.17, 15) is 9.90 Å². The average molecular weight is 419 g/mol. The minimum atomic E-state index is -0.248. The fourth-order valence-electron chi connectivity index (χ4n) is 9.54. The Hall–Kier alpha value is -0.450. The van der Waals surface area contributed by atoms with Crippen molar-refractivity contribution in [3.63, 3.8) is 0 Å². The molecule has 4 nitrogen and oxygen atoms in total. The first-order valence-corrected chi connectivity index (χ1v) is 12.7. The molecule has 4 aliphatic carbocycles. The van der Waals surface area contributed by atoms with Crippen LogP contribution in [-0.2, 0) is 14.3 Å². The van der Waals surface area contributed by atoms with Gasteiger partial charge in [-0.25, -0.2) is 0 Å². The smallest absolute Gasteiger partial charge is 0.160 e. The number of rotatable bonds is 3. The molecule has 0 bridgehead atoms. The molecular formula is C26H42O4. The van der Waals surface area contributed by atoms with Gasteiger partial charge in [-0.2, -0.15) is 0 Å². The monoisotopic (exact) mass is 418 g/mol. The summed E-state index contributed by atoms with van der Waals surface area (Å²) in [6.07, 6.45) is 8.11. The van der Waals surface area contributed by atoms with Gasteiger partial charge in [0.1, 0.15) is 5.78 Å². The van der Waals surface area contributed by atoms with E-state index >= 15 is 0 Å². The summed E-state index contributed by atoms with van der Waals surface area (Å²) in [4.78, 5) is 12.4. The molecule has 1 heterocycles. The lowest BCUT2D eigenvalue weighted by Crippen LogP contribution is -2.62. The molecule has 0 aromatic carbocycles. The first-order chi connectivity index (χ1) is 14.3. The Bertz CT molecular complexity index is 672. The summed E-state index contributed by atoms with van der Waals surface area (Å²) in [5.74, 6) is 3.65. The van der Waals surface area contributed by atoms with Crippen LogP contribution in [0.15, 0.2) is 0 Å². The molecule has 1 aliphatic heterocycles. The minimum Gasteiger partial charge on any atom is -0.393 e. The van der Waals surface area contributed by atoms with Crippen molar-refractivity contribution >= 4 is 5.78 Å². The fourth-order valence-corrected chi connectivity index (χ4v) is 9.54. The predicted molar refractivity (Wildman–Crippen MR) is 116 cm³/mol. The molecular weight excluding hydrogens is 376 g/mol. The van der Waals surface area contributed by atoms with Crippen LogP contribution in [0.25, 0.3) is 0 Å². The number of fused-ring (bicyclic) bond motifs is 5. The third kappa shape index (κ3) is 2.92. The van der Waals surface area contributed by atoms with Crippen molar-refractivity contribution in [1.29, 1.82) is 0 Å². The summed E-state index contributed by atoms with van der Waals surface area (Å²) < 4.78 is 11.8. The Balaban J connectivity index is 1.46. The van der Waals surface area contributed by atoms with Crippen molar-refractivity contribution < 1.29 is 19.4 Å². The first-order valence-electron chi connectivity index (χ1n) is 12.7. The SMILES string of the molecule is CC[C@@H]1[C@@H](O)C2C3CC[C@H]([C@H](C)C4OCCO4)[C@@]3(C)CCC2[C@@]2(C)CCC(=O)C[C@@H]12. The zero-order valence-electron chi connectivity index (χ0n) is 19.4. The molecule has 0 amide bonds. The fraction of sp³-hybridized carbons (Fsp3) is 0.962. The Morgan fingerprint density at radius 2 is 1.73 bits per heavy atom. The van der Waals surface area contributed by atoms with Crippen LogP contribution >= 0.6 is 0 Å². The van der Waals surface area contributed by atoms with Gasteiger partial charge < -0.3 is 14.6 Å². The Kier molecular flexibility index (Phi) is 5.39. The molecule has 5 fully saturated rings. The number of aliphatic hydroxyl groups excluding tert-OH is 1. The van der Waals surface area contributed by atoms with Gasteiger partial charge in [-0.1, -0.05) is 34.1 Å². The molecule has 5 aliphatic rings. The second-order valence-corrected chi connectivity index (χ2v) is 11.9. The summed E-state index contributed by atoms with van der Waals surface area (Å²) >= 11 is 0. The van der Waals surface area contributed by atoms with E-state index in [-0.39, 0.29) is 29.1 Å². The van der Waals surface area contributed by atoms with E-state index in [4.69, 9.17) is 9.47 Å². The van der Waals surface area contributed by atoms with E-state index in [0.29, 0.717) is 47.7 Å². The quantitative estimate of drug-likeness (QED) is 0.713. The summed E-state index contributed by atoms with van der Waals surface area (Å²) in [7, 11) is 0. The maximum atomic E-state index is 12.4. The standard InChI is InChI=1S/C26H42O4/c1-5-17-21-14-16(27)8-10-26(21,4)20-9-11-25(3)18(15(2)24-29-12-13-30-24)6-7-19(25)22(20)23(17)28/h15,17-24,28H,5-14H2,1-4H3/t15-,17-,18+,19?,20?,21-,22?,23+,25+,26+/m0/s1. The molecule has 0 spiro atoms. The zero-order chi connectivity index (χ0) is 21.3. The van der Waals surface area contributed by atoms with Gasteiger partial charge in [0.2, 0.25) is 0 Å². The molecule has 0 aromatic heterocycles. The minimum absolute atomic E-state index is 0.0470. The highest BCUT2D eigenvalue weighted by molar-refractivity contribution is 5.79. The topological polar surface area (TPSA) is 55.8 Å². The van der Waals surface area contributed by atoms with Gasteiger partial charge in [-0.15, -0.1) is 0 Å². The normalized spacial score (nSPS) is 52.6. The number of ketones is 1. The van der Waals surface area contributed by atoms with Crippen LogP contribution in [0.1, 0.15) is 79.1 Å². The molecule has 10 atom stereocenters. The van der Waals surface area contributed by atoms with E-state index in [0.717, 1.165) is 32.5 Å². The van der Waals surface area contributed by atoms with E-state index in [1.807, 2.05) is 0 Å². The average Bonchev–Trinajstić information content (AvgIpc) is 3.37. The second kappa shape index (κ2) is 7.56. The Morgan fingerprint density at radius 1 is 1.03 bits per heavy atom. The lowest BCUT2D eigenvalue weighted by Gasteiger charge is -2.64. The zero-order valence-corrected chi connectivity index (χ0v) is 19.4. The summed E-state index contributed by atoms with van der Waals surface area (Å²) in [6, 6.07) is 0. The van der Waals surface area contributed by atoms with Crippen LogP contribution in [0.4, 0.5) is 0 Å². The van der Waals surface area contributed by atoms with Crippen LogP contribution < -0.4 is 0 Å². The van der Waals surface area contributed by atoms with E-state index < -0.39 is 0 Å². The third-order valence-electron chi connectivity index (χ3n) is 11.0. The van der Waals surface area contributed by atoms with E-state index in [2.05, 4.69) is 27.7 Å². The van der Waals surface area contributed by atoms with Crippen LogP contribution in [0, 0.1) is 52.3 Å². The second-order valence-electron chi connectivity index (χ2n) is 11.9. The first kappa shape index (κ1) is 21.4. The number of Topliss-reactive ketones (excluding diaryl/α,β-unsaturated/α-hetero) is 1. The molecule has 1 N–H and O–H groups in total. The maximum Gasteiger partial charge on any atom is 0.160 e. The predicted octanol–water partition coefficient (Wildman–Crippen LogP) is 4.83. The van der Waals surface area contributed by atoms with Crippen LogP contribution in [-0.4, -0.2) is 36.5 Å². The lowest BCUT2D eigenvalue weighted by molar-refractivity contribution is -0.198. The number of hydrogen-bond acceptors (Lipinski definition) is 4. The lowest BCUT2D eigenvalue weighted by atomic mass is 9.41. The highest BCUT2D eigenvalue weighted by atomic mass is 16.7. The van der Waals surface area contributed by atoms with Gasteiger partial charge in [-0.3, -0.25) is 4.79 Å². The highest BCUT2D eigenvalue weighted by Gasteiger charge is 2.65. The van der Waals surface area contributed by atoms with Crippen LogP contribution in [0.2, 0.25) is 0 Å². The van der Waals surface area contributed by atoms with Crippen LogP contribution in [0.3, 0.4) is 0 Å². The van der Waals surface area contributed by atoms with Crippen molar-refractivity contribution in [3.05, 3.63) is 0 Å². The number of hydrogen-bond donors (Lipinski definition) is 1. The maximum absolute atomic E-state index is 12.4. The summed E-state index contributed by atoms with van der Waals surface area (Å²) in [5.41, 5.74) is 0.490. The van der Waals surface area contributed by atoms with Crippen molar-refractivity contribution in [2.24, 2.45) is 52.3 Å². The molecule has 0 radical (unpaired) electrons. The third-order valence-corrected chi connectivity index (χ3v) is 11.0.